The number of aliphatic hydroxyl groups excluding tert-OH is 1. The van der Waals surface area contributed by atoms with Gasteiger partial charge in [0.05, 0.1) is 12.7 Å². The minimum atomic E-state index is -0.763. The normalized spacial score (nSPS) is 16.7. The van der Waals surface area contributed by atoms with Gasteiger partial charge in [-0.3, -0.25) is 14.5 Å². The first kappa shape index (κ1) is 24.3. The number of ether oxygens (including phenoxy) is 2. The number of ketones is 1. The molecule has 3 aromatic carbocycles. The van der Waals surface area contributed by atoms with Gasteiger partial charge in [0.25, 0.3) is 11.7 Å². The highest BCUT2D eigenvalue weighted by molar-refractivity contribution is 7.10. The van der Waals surface area contributed by atoms with Crippen LogP contribution in [0.1, 0.15) is 27.6 Å². The molecule has 0 saturated carbocycles. The number of anilines is 1. The fourth-order valence-corrected chi connectivity index (χ4v) is 5.25. The minimum Gasteiger partial charge on any atom is -0.507 e. The van der Waals surface area contributed by atoms with Crippen LogP contribution < -0.4 is 14.4 Å². The van der Waals surface area contributed by atoms with Crippen LogP contribution in [0, 0.1) is 6.92 Å². The number of aryl methyl sites for hydroxylation is 1. The maximum absolute atomic E-state index is 13.3. The number of rotatable bonds is 7. The van der Waals surface area contributed by atoms with Gasteiger partial charge in [-0.15, -0.1) is 11.3 Å². The second-order valence-corrected chi connectivity index (χ2v) is 9.62. The van der Waals surface area contributed by atoms with Crippen LogP contribution in [0.5, 0.6) is 11.5 Å². The number of thiophene rings is 1. The number of carbonyl (C=O) groups excluding carboxylic acids is 2. The Morgan fingerprint density at radius 1 is 0.973 bits per heavy atom. The van der Waals surface area contributed by atoms with Crippen LogP contribution in [0.3, 0.4) is 0 Å². The third-order valence-corrected chi connectivity index (χ3v) is 7.20. The van der Waals surface area contributed by atoms with Gasteiger partial charge in [0.2, 0.25) is 0 Å². The van der Waals surface area contributed by atoms with Crippen LogP contribution in [0.25, 0.3) is 5.76 Å². The number of carbonyl (C=O) groups is 2. The van der Waals surface area contributed by atoms with Gasteiger partial charge in [-0.2, -0.15) is 0 Å². The molecule has 0 bridgehead atoms. The fraction of sp³-hybridized carbons (Fsp3) is 0.133. The zero-order valence-corrected chi connectivity index (χ0v) is 21.2. The quantitative estimate of drug-likeness (QED) is 0.180. The topological polar surface area (TPSA) is 76.1 Å². The molecule has 1 N–H and O–H groups in total. The van der Waals surface area contributed by atoms with E-state index in [0.717, 1.165) is 16.0 Å². The van der Waals surface area contributed by atoms with Crippen LogP contribution in [-0.4, -0.2) is 23.9 Å². The predicted octanol–water partition coefficient (Wildman–Crippen LogP) is 6.27. The maximum atomic E-state index is 13.3. The minimum absolute atomic E-state index is 0.0487. The summed E-state index contributed by atoms with van der Waals surface area (Å²) in [7, 11) is 1.54. The lowest BCUT2D eigenvalue weighted by Gasteiger charge is -2.24. The molecule has 0 spiro atoms. The van der Waals surface area contributed by atoms with E-state index in [0.29, 0.717) is 29.4 Å². The van der Waals surface area contributed by atoms with Crippen molar-refractivity contribution >= 4 is 34.5 Å². The SMILES string of the molecule is COc1cccc(N2C(=O)C(=O)/C(=C(\O)c3ccc(OCc4ccccc4)c(C)c3)C2c2cccs2)c1. The van der Waals surface area contributed by atoms with Gasteiger partial charge in [-0.25, -0.2) is 0 Å². The monoisotopic (exact) mass is 511 g/mol. The van der Waals surface area contributed by atoms with E-state index in [1.54, 1.807) is 49.6 Å². The van der Waals surface area contributed by atoms with Crippen molar-refractivity contribution in [1.82, 2.24) is 0 Å². The summed E-state index contributed by atoms with van der Waals surface area (Å²) in [6, 6.07) is 25.0. The molecule has 6 nitrogen and oxygen atoms in total. The molecule has 2 heterocycles. The second kappa shape index (κ2) is 10.3. The van der Waals surface area contributed by atoms with Crippen molar-refractivity contribution in [3.63, 3.8) is 0 Å². The smallest absolute Gasteiger partial charge is 0.300 e. The Morgan fingerprint density at radius 3 is 2.49 bits per heavy atom. The largest absolute Gasteiger partial charge is 0.507 e. The van der Waals surface area contributed by atoms with Crippen molar-refractivity contribution in [2.75, 3.05) is 12.0 Å². The molecule has 1 aliphatic heterocycles. The molecule has 37 heavy (non-hydrogen) atoms. The lowest BCUT2D eigenvalue weighted by atomic mass is 9.98. The van der Waals surface area contributed by atoms with Gasteiger partial charge in [0.15, 0.2) is 0 Å². The summed E-state index contributed by atoms with van der Waals surface area (Å²) in [5, 5.41) is 13.3. The van der Waals surface area contributed by atoms with Crippen molar-refractivity contribution < 1.29 is 24.2 Å². The summed E-state index contributed by atoms with van der Waals surface area (Å²) >= 11 is 1.42. The van der Waals surface area contributed by atoms with Crippen LogP contribution in [0.15, 0.2) is 95.9 Å². The van der Waals surface area contributed by atoms with E-state index in [9.17, 15) is 14.7 Å². The Balaban J connectivity index is 1.53. The average molecular weight is 512 g/mol. The van der Waals surface area contributed by atoms with Gasteiger partial charge in [-0.05, 0) is 59.8 Å². The number of amides is 1. The van der Waals surface area contributed by atoms with Crippen molar-refractivity contribution in [2.45, 2.75) is 19.6 Å². The van der Waals surface area contributed by atoms with Gasteiger partial charge < -0.3 is 14.6 Å². The van der Waals surface area contributed by atoms with Crippen LogP contribution in [0.2, 0.25) is 0 Å². The summed E-state index contributed by atoms with van der Waals surface area (Å²) < 4.78 is 11.3. The molecule has 186 valence electrons. The Bertz CT molecular complexity index is 1480. The van der Waals surface area contributed by atoms with E-state index in [-0.39, 0.29) is 11.3 Å². The zero-order chi connectivity index (χ0) is 25.9. The van der Waals surface area contributed by atoms with Gasteiger partial charge >= 0.3 is 0 Å². The Labute approximate surface area is 219 Å². The summed E-state index contributed by atoms with van der Waals surface area (Å²) in [5.74, 6) is -0.425. The lowest BCUT2D eigenvalue weighted by molar-refractivity contribution is -0.132. The molecule has 1 unspecified atom stereocenters. The van der Waals surface area contributed by atoms with E-state index >= 15 is 0 Å². The van der Waals surface area contributed by atoms with E-state index in [1.165, 1.54) is 16.2 Å². The molecule has 1 saturated heterocycles. The van der Waals surface area contributed by atoms with Crippen LogP contribution in [-0.2, 0) is 16.2 Å². The molecule has 1 atom stereocenters. The maximum Gasteiger partial charge on any atom is 0.300 e. The molecule has 7 heteroatoms. The van der Waals surface area contributed by atoms with Crippen molar-refractivity contribution in [1.29, 1.82) is 0 Å². The highest BCUT2D eigenvalue weighted by Crippen LogP contribution is 2.44. The van der Waals surface area contributed by atoms with Gasteiger partial charge in [0.1, 0.15) is 29.9 Å². The van der Waals surface area contributed by atoms with E-state index in [4.69, 9.17) is 9.47 Å². The molecular weight excluding hydrogens is 486 g/mol. The Morgan fingerprint density at radius 2 is 1.78 bits per heavy atom. The highest BCUT2D eigenvalue weighted by atomic mass is 32.1. The third kappa shape index (κ3) is 4.73. The third-order valence-electron chi connectivity index (χ3n) is 6.27. The zero-order valence-electron chi connectivity index (χ0n) is 20.4. The molecule has 4 aromatic rings. The van der Waals surface area contributed by atoms with E-state index in [2.05, 4.69) is 0 Å². The number of aliphatic hydroxyl groups is 1. The van der Waals surface area contributed by atoms with Gasteiger partial charge in [0, 0.05) is 22.2 Å². The lowest BCUT2D eigenvalue weighted by Crippen LogP contribution is -2.29. The van der Waals surface area contributed by atoms with Crippen LogP contribution in [0.4, 0.5) is 5.69 Å². The highest BCUT2D eigenvalue weighted by Gasteiger charge is 2.47. The molecule has 0 radical (unpaired) electrons. The van der Waals surface area contributed by atoms with Gasteiger partial charge in [-0.1, -0.05) is 42.5 Å². The molecule has 1 amide bonds. The Kier molecular flexibility index (Phi) is 6.79. The number of Topliss-reactive ketones (excluding diaryl/α,β-unsaturated/α-hetero) is 1. The number of benzene rings is 3. The number of hydrogen-bond acceptors (Lipinski definition) is 6. The number of hydrogen-bond donors (Lipinski definition) is 1. The summed E-state index contributed by atoms with van der Waals surface area (Å²) in [6.45, 7) is 2.29. The molecule has 1 aromatic heterocycles. The first-order valence-corrected chi connectivity index (χ1v) is 12.6. The summed E-state index contributed by atoms with van der Waals surface area (Å²) in [6.07, 6.45) is 0. The van der Waals surface area contributed by atoms with Crippen LogP contribution >= 0.6 is 11.3 Å². The van der Waals surface area contributed by atoms with Crippen molar-refractivity contribution in [2.24, 2.45) is 0 Å². The second-order valence-electron chi connectivity index (χ2n) is 8.64. The molecule has 1 fully saturated rings. The molecular formula is C30H25NO5S. The first-order valence-electron chi connectivity index (χ1n) is 11.7. The van der Waals surface area contributed by atoms with Crippen molar-refractivity contribution in [3.05, 3.63) is 117 Å². The fourth-order valence-electron chi connectivity index (χ4n) is 4.42. The summed E-state index contributed by atoms with van der Waals surface area (Å²) in [4.78, 5) is 28.8. The summed E-state index contributed by atoms with van der Waals surface area (Å²) in [5.41, 5.74) is 2.85. The number of methoxy groups -OCH3 is 1. The molecule has 1 aliphatic rings. The average Bonchev–Trinajstić information content (AvgIpc) is 3.55. The molecule has 0 aliphatic carbocycles. The predicted molar refractivity (Wildman–Crippen MR) is 144 cm³/mol. The van der Waals surface area contributed by atoms with E-state index in [1.807, 2.05) is 54.8 Å². The van der Waals surface area contributed by atoms with E-state index < -0.39 is 17.7 Å². The Hall–Kier alpha value is -4.36. The van der Waals surface area contributed by atoms with Crippen molar-refractivity contribution in [3.8, 4) is 11.5 Å². The number of nitrogens with zero attached hydrogens (tertiary/aromatic N) is 1. The standard InChI is InChI=1S/C30H25NO5S/c1-19-16-21(13-14-24(19)36-18-20-8-4-3-5-9-20)28(32)26-27(25-12-7-15-37-25)31(30(34)29(26)33)22-10-6-11-23(17-22)35-2/h3-17,27,32H,18H2,1-2H3/b28-26-. The molecule has 5 rings (SSSR count). The first-order chi connectivity index (χ1) is 18.0.